The van der Waals surface area contributed by atoms with E-state index >= 15 is 0 Å². The van der Waals surface area contributed by atoms with Gasteiger partial charge in [0.2, 0.25) is 5.91 Å². The van der Waals surface area contributed by atoms with Crippen LogP contribution in [0.2, 0.25) is 0 Å². The van der Waals surface area contributed by atoms with Gasteiger partial charge in [-0.15, -0.1) is 11.3 Å². The molecule has 0 aliphatic heterocycles. The first-order valence-corrected chi connectivity index (χ1v) is 8.34. The van der Waals surface area contributed by atoms with Crippen molar-refractivity contribution < 1.29 is 4.79 Å². The average Bonchev–Trinajstić information content (AvgIpc) is 2.73. The van der Waals surface area contributed by atoms with Crippen LogP contribution in [0.5, 0.6) is 0 Å². The van der Waals surface area contributed by atoms with Crippen molar-refractivity contribution in [1.29, 1.82) is 0 Å². The summed E-state index contributed by atoms with van der Waals surface area (Å²) in [4.78, 5) is 14.4. The van der Waals surface area contributed by atoms with Gasteiger partial charge in [-0.25, -0.2) is 0 Å². The Bertz CT molecular complexity index is 458. The van der Waals surface area contributed by atoms with Crippen LogP contribution in [0.25, 0.3) is 0 Å². The maximum absolute atomic E-state index is 12.6. The maximum Gasteiger partial charge on any atom is 0.227 e. The SMILES string of the molecule is CN(Cc1csc(Br)c1)C(=O)C1CCCCC1(C)N. The van der Waals surface area contributed by atoms with Gasteiger partial charge in [0, 0.05) is 19.1 Å². The van der Waals surface area contributed by atoms with E-state index in [1.807, 2.05) is 18.9 Å². The fourth-order valence-corrected chi connectivity index (χ4v) is 4.01. The van der Waals surface area contributed by atoms with Crippen LogP contribution in [0.3, 0.4) is 0 Å². The highest BCUT2D eigenvalue weighted by atomic mass is 79.9. The van der Waals surface area contributed by atoms with Gasteiger partial charge in [-0.3, -0.25) is 4.79 Å². The molecule has 1 heterocycles. The van der Waals surface area contributed by atoms with Crippen molar-refractivity contribution in [3.63, 3.8) is 0 Å². The van der Waals surface area contributed by atoms with Gasteiger partial charge in [0.15, 0.2) is 0 Å². The molecule has 1 amide bonds. The van der Waals surface area contributed by atoms with Gasteiger partial charge in [-0.05, 0) is 52.7 Å². The number of carbonyl (C=O) groups is 1. The Morgan fingerprint density at radius 3 is 2.95 bits per heavy atom. The molecule has 0 radical (unpaired) electrons. The summed E-state index contributed by atoms with van der Waals surface area (Å²) in [6.07, 6.45) is 4.11. The van der Waals surface area contributed by atoms with Crippen LogP contribution in [0.4, 0.5) is 0 Å². The number of nitrogens with two attached hydrogens (primary N) is 1. The molecule has 1 aromatic rings. The summed E-state index contributed by atoms with van der Waals surface area (Å²) in [5.41, 5.74) is 7.13. The van der Waals surface area contributed by atoms with Crippen LogP contribution in [0.1, 0.15) is 38.2 Å². The Hall–Kier alpha value is -0.390. The molecule has 3 nitrogen and oxygen atoms in total. The fourth-order valence-electron chi connectivity index (χ4n) is 2.81. The van der Waals surface area contributed by atoms with E-state index in [0.29, 0.717) is 6.54 Å². The lowest BCUT2D eigenvalue weighted by Gasteiger charge is -2.39. The smallest absolute Gasteiger partial charge is 0.227 e. The van der Waals surface area contributed by atoms with Crippen molar-refractivity contribution in [2.75, 3.05) is 7.05 Å². The summed E-state index contributed by atoms with van der Waals surface area (Å²) < 4.78 is 1.10. The Morgan fingerprint density at radius 2 is 2.37 bits per heavy atom. The van der Waals surface area contributed by atoms with Crippen molar-refractivity contribution >= 4 is 33.2 Å². The van der Waals surface area contributed by atoms with Crippen LogP contribution in [-0.2, 0) is 11.3 Å². The maximum atomic E-state index is 12.6. The highest BCUT2D eigenvalue weighted by Gasteiger charge is 2.39. The average molecular weight is 345 g/mol. The molecule has 0 spiro atoms. The molecular weight excluding hydrogens is 324 g/mol. The van der Waals surface area contributed by atoms with Crippen molar-refractivity contribution in [2.45, 2.75) is 44.7 Å². The number of thiophene rings is 1. The fraction of sp³-hybridized carbons (Fsp3) is 0.643. The number of hydrogen-bond donors (Lipinski definition) is 1. The van der Waals surface area contributed by atoms with Crippen molar-refractivity contribution in [3.8, 4) is 0 Å². The molecule has 5 heteroatoms. The van der Waals surface area contributed by atoms with Crippen molar-refractivity contribution in [1.82, 2.24) is 4.90 Å². The van der Waals surface area contributed by atoms with Gasteiger partial charge in [-0.2, -0.15) is 0 Å². The summed E-state index contributed by atoms with van der Waals surface area (Å²) >= 11 is 5.10. The van der Waals surface area contributed by atoms with E-state index in [9.17, 15) is 4.79 Å². The lowest BCUT2D eigenvalue weighted by atomic mass is 9.74. The summed E-state index contributed by atoms with van der Waals surface area (Å²) in [7, 11) is 1.87. The molecular formula is C14H21BrN2OS. The first kappa shape index (κ1) is 15.0. The molecule has 106 valence electrons. The molecule has 2 atom stereocenters. The predicted molar refractivity (Wildman–Crippen MR) is 83.0 cm³/mol. The van der Waals surface area contributed by atoms with E-state index in [2.05, 4.69) is 27.4 Å². The Balaban J connectivity index is 2.02. The Morgan fingerprint density at radius 1 is 1.63 bits per heavy atom. The molecule has 1 fully saturated rings. The van der Waals surface area contributed by atoms with E-state index in [1.54, 1.807) is 11.3 Å². The molecule has 1 aromatic heterocycles. The Labute approximate surface area is 127 Å². The van der Waals surface area contributed by atoms with Crippen LogP contribution >= 0.6 is 27.3 Å². The quantitative estimate of drug-likeness (QED) is 0.913. The summed E-state index contributed by atoms with van der Waals surface area (Å²) in [6.45, 7) is 2.68. The zero-order valence-corrected chi connectivity index (χ0v) is 13.9. The largest absolute Gasteiger partial charge is 0.341 e. The van der Waals surface area contributed by atoms with Gasteiger partial charge in [0.1, 0.15) is 0 Å². The lowest BCUT2D eigenvalue weighted by Crippen LogP contribution is -2.52. The zero-order chi connectivity index (χ0) is 14.0. The molecule has 1 saturated carbocycles. The topological polar surface area (TPSA) is 46.3 Å². The van der Waals surface area contributed by atoms with E-state index in [1.165, 1.54) is 5.56 Å². The van der Waals surface area contributed by atoms with Crippen molar-refractivity contribution in [3.05, 3.63) is 20.8 Å². The number of amides is 1. The van der Waals surface area contributed by atoms with Crippen LogP contribution in [0.15, 0.2) is 15.2 Å². The third-order valence-corrected chi connectivity index (χ3v) is 5.52. The first-order chi connectivity index (χ1) is 8.90. The van der Waals surface area contributed by atoms with Gasteiger partial charge in [0.05, 0.1) is 9.70 Å². The molecule has 1 aliphatic carbocycles. The molecule has 0 saturated heterocycles. The number of rotatable bonds is 3. The molecule has 2 rings (SSSR count). The van der Waals surface area contributed by atoms with Gasteiger partial charge >= 0.3 is 0 Å². The number of hydrogen-bond acceptors (Lipinski definition) is 3. The summed E-state index contributed by atoms with van der Waals surface area (Å²) in [6, 6.07) is 2.07. The number of halogens is 1. The zero-order valence-electron chi connectivity index (χ0n) is 11.5. The van der Waals surface area contributed by atoms with Gasteiger partial charge < -0.3 is 10.6 Å². The third kappa shape index (κ3) is 3.58. The minimum Gasteiger partial charge on any atom is -0.341 e. The Kier molecular flexibility index (Phi) is 4.69. The molecule has 19 heavy (non-hydrogen) atoms. The standard InChI is InChI=1S/C14H21BrN2OS/c1-14(16)6-4-3-5-11(14)13(18)17(2)8-10-7-12(15)19-9-10/h7,9,11H,3-6,8,16H2,1-2H3. The highest BCUT2D eigenvalue weighted by molar-refractivity contribution is 9.11. The number of carbonyl (C=O) groups excluding carboxylic acids is 1. The third-order valence-electron chi connectivity index (χ3n) is 3.97. The van der Waals surface area contributed by atoms with Crippen molar-refractivity contribution in [2.24, 2.45) is 11.7 Å². The second-order valence-corrected chi connectivity index (χ2v) is 8.05. The monoisotopic (exact) mass is 344 g/mol. The van der Waals surface area contributed by atoms with Gasteiger partial charge in [0.25, 0.3) is 0 Å². The molecule has 0 bridgehead atoms. The van der Waals surface area contributed by atoms with E-state index in [0.717, 1.165) is 29.5 Å². The molecule has 2 N–H and O–H groups in total. The molecule has 0 aromatic carbocycles. The second-order valence-electron chi connectivity index (χ2n) is 5.76. The van der Waals surface area contributed by atoms with E-state index < -0.39 is 0 Å². The normalized spacial score (nSPS) is 27.3. The summed E-state index contributed by atoms with van der Waals surface area (Å²) in [5.74, 6) is 0.153. The molecule has 2 unspecified atom stereocenters. The van der Waals surface area contributed by atoms with Gasteiger partial charge in [-0.1, -0.05) is 12.8 Å². The lowest BCUT2D eigenvalue weighted by molar-refractivity contribution is -0.138. The minimum atomic E-state index is -0.348. The summed E-state index contributed by atoms with van der Waals surface area (Å²) in [5, 5.41) is 2.08. The van der Waals surface area contributed by atoms with E-state index in [-0.39, 0.29) is 17.4 Å². The first-order valence-electron chi connectivity index (χ1n) is 6.67. The van der Waals surface area contributed by atoms with Crippen LogP contribution in [0, 0.1) is 5.92 Å². The van der Waals surface area contributed by atoms with Crippen LogP contribution in [-0.4, -0.2) is 23.4 Å². The predicted octanol–water partition coefficient (Wildman–Crippen LogP) is 3.38. The van der Waals surface area contributed by atoms with E-state index in [4.69, 9.17) is 5.73 Å². The van der Waals surface area contributed by atoms with Crippen LogP contribution < -0.4 is 5.73 Å². The highest BCUT2D eigenvalue weighted by Crippen LogP contribution is 2.33. The minimum absolute atomic E-state index is 0.0340. The number of nitrogens with zero attached hydrogens (tertiary/aromatic N) is 1. The second kappa shape index (κ2) is 5.94. The molecule has 1 aliphatic rings.